The zero-order valence-corrected chi connectivity index (χ0v) is 11.6. The lowest BCUT2D eigenvalue weighted by molar-refractivity contribution is -0.116. The number of nitrogens with zero attached hydrogens (tertiary/aromatic N) is 3. The topological polar surface area (TPSA) is 80.0 Å². The zero-order valence-electron chi connectivity index (χ0n) is 11.6. The van der Waals surface area contributed by atoms with E-state index in [0.29, 0.717) is 12.1 Å². The molecule has 1 aromatic heterocycles. The number of aliphatic hydroxyl groups is 1. The molecule has 1 aromatic carbocycles. The fourth-order valence-corrected chi connectivity index (χ4v) is 1.74. The Bertz CT molecular complexity index is 577. The average molecular weight is 274 g/mol. The number of aliphatic hydroxyl groups excluding tert-OH is 1. The fourth-order valence-electron chi connectivity index (χ4n) is 1.74. The number of nitrogens with one attached hydrogen (secondary N) is 1. The molecule has 0 saturated heterocycles. The largest absolute Gasteiger partial charge is 0.387 e. The Morgan fingerprint density at radius 2 is 2.10 bits per heavy atom. The van der Waals surface area contributed by atoms with Crippen molar-refractivity contribution in [3.8, 4) is 0 Å². The van der Waals surface area contributed by atoms with Crippen LogP contribution in [-0.2, 0) is 11.3 Å². The van der Waals surface area contributed by atoms with Crippen LogP contribution < -0.4 is 5.32 Å². The Morgan fingerprint density at radius 3 is 2.75 bits per heavy atom. The predicted octanol–water partition coefficient (Wildman–Crippen LogP) is 1.67. The minimum Gasteiger partial charge on any atom is -0.387 e. The van der Waals surface area contributed by atoms with Crippen LogP contribution in [0.25, 0.3) is 0 Å². The smallest absolute Gasteiger partial charge is 0.246 e. The van der Waals surface area contributed by atoms with Gasteiger partial charge in [-0.05, 0) is 25.5 Å². The minimum absolute atomic E-state index is 0.0668. The molecule has 0 fully saturated rings. The van der Waals surface area contributed by atoms with Gasteiger partial charge in [-0.2, -0.15) is 0 Å². The number of amides is 1. The highest BCUT2D eigenvalue weighted by molar-refractivity contribution is 5.90. The second-order valence-corrected chi connectivity index (χ2v) is 4.68. The molecule has 0 aliphatic rings. The Morgan fingerprint density at radius 1 is 1.40 bits per heavy atom. The lowest BCUT2D eigenvalue weighted by Gasteiger charge is -2.05. The molecule has 1 unspecified atom stereocenters. The maximum Gasteiger partial charge on any atom is 0.246 e. The molecule has 1 heterocycles. The average Bonchev–Trinajstić information content (AvgIpc) is 2.89. The van der Waals surface area contributed by atoms with Crippen molar-refractivity contribution < 1.29 is 9.90 Å². The van der Waals surface area contributed by atoms with Crippen LogP contribution in [0, 0.1) is 6.92 Å². The van der Waals surface area contributed by atoms with Crippen molar-refractivity contribution in [1.29, 1.82) is 0 Å². The molecule has 0 aliphatic carbocycles. The molecule has 0 bridgehead atoms. The van der Waals surface area contributed by atoms with E-state index in [1.54, 1.807) is 6.20 Å². The van der Waals surface area contributed by atoms with E-state index in [9.17, 15) is 9.90 Å². The van der Waals surface area contributed by atoms with Gasteiger partial charge in [0.1, 0.15) is 12.2 Å². The number of carbonyl (C=O) groups excluding carboxylic acids is 1. The summed E-state index contributed by atoms with van der Waals surface area (Å²) in [5.74, 6) is -0.184. The maximum absolute atomic E-state index is 11.9. The SMILES string of the molecule is CCC(O)c1cn(CC(=O)Nc2ccc(C)cc2)nn1. The summed E-state index contributed by atoms with van der Waals surface area (Å²) >= 11 is 0. The van der Waals surface area contributed by atoms with E-state index >= 15 is 0 Å². The summed E-state index contributed by atoms with van der Waals surface area (Å²) in [6.45, 7) is 3.91. The molecular formula is C14H18N4O2. The van der Waals surface area contributed by atoms with Crippen LogP contribution >= 0.6 is 0 Å². The lowest BCUT2D eigenvalue weighted by atomic mass is 10.2. The summed E-state index contributed by atoms with van der Waals surface area (Å²) in [7, 11) is 0. The number of hydrogen-bond acceptors (Lipinski definition) is 4. The van der Waals surface area contributed by atoms with Gasteiger partial charge in [-0.15, -0.1) is 5.10 Å². The van der Waals surface area contributed by atoms with E-state index in [1.807, 2.05) is 38.1 Å². The van der Waals surface area contributed by atoms with Gasteiger partial charge in [0, 0.05) is 5.69 Å². The van der Waals surface area contributed by atoms with Crippen molar-refractivity contribution in [3.63, 3.8) is 0 Å². The van der Waals surface area contributed by atoms with Crippen molar-refractivity contribution in [2.75, 3.05) is 5.32 Å². The van der Waals surface area contributed by atoms with Crippen molar-refractivity contribution in [3.05, 3.63) is 41.7 Å². The molecule has 2 aromatic rings. The molecule has 2 rings (SSSR count). The van der Waals surface area contributed by atoms with Crippen LogP contribution in [0.4, 0.5) is 5.69 Å². The van der Waals surface area contributed by atoms with Gasteiger partial charge in [-0.3, -0.25) is 4.79 Å². The normalized spacial score (nSPS) is 12.2. The number of hydrogen-bond donors (Lipinski definition) is 2. The van der Waals surface area contributed by atoms with Crippen molar-refractivity contribution in [1.82, 2.24) is 15.0 Å². The first-order chi connectivity index (χ1) is 9.58. The van der Waals surface area contributed by atoms with E-state index in [1.165, 1.54) is 4.68 Å². The Kier molecular flexibility index (Phi) is 4.47. The number of anilines is 1. The molecule has 6 nitrogen and oxygen atoms in total. The number of benzene rings is 1. The van der Waals surface area contributed by atoms with Crippen LogP contribution in [0.3, 0.4) is 0 Å². The summed E-state index contributed by atoms with van der Waals surface area (Å²) in [6.07, 6.45) is 1.51. The maximum atomic E-state index is 11.9. The third-order valence-electron chi connectivity index (χ3n) is 2.93. The van der Waals surface area contributed by atoms with Crippen LogP contribution in [0.2, 0.25) is 0 Å². The highest BCUT2D eigenvalue weighted by atomic mass is 16.3. The highest BCUT2D eigenvalue weighted by Crippen LogP contribution is 2.12. The number of aromatic nitrogens is 3. The standard InChI is InChI=1S/C14H18N4O2/c1-3-13(19)12-8-18(17-16-12)9-14(20)15-11-6-4-10(2)5-7-11/h4-8,13,19H,3,9H2,1-2H3,(H,15,20). The first-order valence-electron chi connectivity index (χ1n) is 6.53. The number of carbonyl (C=O) groups is 1. The van der Waals surface area contributed by atoms with Gasteiger partial charge in [-0.1, -0.05) is 29.8 Å². The Hall–Kier alpha value is -2.21. The van der Waals surface area contributed by atoms with Crippen LogP contribution in [0.15, 0.2) is 30.5 Å². The monoisotopic (exact) mass is 274 g/mol. The van der Waals surface area contributed by atoms with Gasteiger partial charge in [-0.25, -0.2) is 4.68 Å². The Labute approximate surface area is 117 Å². The summed E-state index contributed by atoms with van der Waals surface area (Å²) in [4.78, 5) is 11.9. The fraction of sp³-hybridized carbons (Fsp3) is 0.357. The van der Waals surface area contributed by atoms with Gasteiger partial charge in [0.15, 0.2) is 0 Å². The Balaban J connectivity index is 1.94. The summed E-state index contributed by atoms with van der Waals surface area (Å²) in [5, 5.41) is 20.1. The summed E-state index contributed by atoms with van der Waals surface area (Å²) in [6, 6.07) is 7.56. The van der Waals surface area contributed by atoms with E-state index < -0.39 is 6.10 Å². The van der Waals surface area contributed by atoms with Crippen LogP contribution in [-0.4, -0.2) is 26.0 Å². The molecule has 0 radical (unpaired) electrons. The molecule has 0 saturated carbocycles. The molecule has 106 valence electrons. The predicted molar refractivity (Wildman–Crippen MR) is 75.1 cm³/mol. The number of aryl methyl sites for hydroxylation is 1. The quantitative estimate of drug-likeness (QED) is 0.869. The molecule has 0 aliphatic heterocycles. The third-order valence-corrected chi connectivity index (χ3v) is 2.93. The van der Waals surface area contributed by atoms with E-state index in [2.05, 4.69) is 15.6 Å². The highest BCUT2D eigenvalue weighted by Gasteiger charge is 2.11. The van der Waals surface area contributed by atoms with E-state index in [-0.39, 0.29) is 12.5 Å². The molecule has 6 heteroatoms. The molecule has 20 heavy (non-hydrogen) atoms. The second kappa shape index (κ2) is 6.29. The zero-order chi connectivity index (χ0) is 14.5. The third kappa shape index (κ3) is 3.64. The van der Waals surface area contributed by atoms with Crippen molar-refractivity contribution >= 4 is 11.6 Å². The van der Waals surface area contributed by atoms with Crippen LogP contribution in [0.1, 0.15) is 30.7 Å². The van der Waals surface area contributed by atoms with Gasteiger partial charge < -0.3 is 10.4 Å². The van der Waals surface area contributed by atoms with Gasteiger partial charge >= 0.3 is 0 Å². The molecule has 0 spiro atoms. The van der Waals surface area contributed by atoms with Gasteiger partial charge in [0.05, 0.1) is 12.3 Å². The van der Waals surface area contributed by atoms with Gasteiger partial charge in [0.2, 0.25) is 5.91 Å². The van der Waals surface area contributed by atoms with E-state index in [0.717, 1.165) is 11.3 Å². The second-order valence-electron chi connectivity index (χ2n) is 4.68. The van der Waals surface area contributed by atoms with Crippen molar-refractivity contribution in [2.45, 2.75) is 32.9 Å². The molecule has 2 N–H and O–H groups in total. The molecule has 1 amide bonds. The van der Waals surface area contributed by atoms with Crippen LogP contribution in [0.5, 0.6) is 0 Å². The summed E-state index contributed by atoms with van der Waals surface area (Å²) < 4.78 is 1.41. The van der Waals surface area contributed by atoms with E-state index in [4.69, 9.17) is 0 Å². The summed E-state index contributed by atoms with van der Waals surface area (Å²) in [5.41, 5.74) is 2.36. The first-order valence-corrected chi connectivity index (χ1v) is 6.53. The molecule has 1 atom stereocenters. The molecular weight excluding hydrogens is 256 g/mol. The van der Waals surface area contributed by atoms with Gasteiger partial charge in [0.25, 0.3) is 0 Å². The minimum atomic E-state index is -0.635. The first kappa shape index (κ1) is 14.2. The van der Waals surface area contributed by atoms with Crippen molar-refractivity contribution in [2.24, 2.45) is 0 Å². The lowest BCUT2D eigenvalue weighted by Crippen LogP contribution is -2.19. The number of rotatable bonds is 5.